The van der Waals surface area contributed by atoms with Crippen LogP contribution in [0.5, 0.6) is 11.5 Å². The number of methoxy groups -OCH3 is 1. The van der Waals surface area contributed by atoms with Crippen LogP contribution in [0, 0.1) is 5.41 Å². The van der Waals surface area contributed by atoms with Gasteiger partial charge in [-0.2, -0.15) is 0 Å². The highest BCUT2D eigenvalue weighted by Crippen LogP contribution is 2.26. The smallest absolute Gasteiger partial charge is 0.161 e. The minimum absolute atomic E-state index is 0.0668. The van der Waals surface area contributed by atoms with E-state index >= 15 is 0 Å². The van der Waals surface area contributed by atoms with Crippen molar-refractivity contribution in [2.75, 3.05) is 7.11 Å². The third kappa shape index (κ3) is 3.25. The maximum atomic E-state index is 7.33. The lowest BCUT2D eigenvalue weighted by Gasteiger charge is -2.10. The van der Waals surface area contributed by atoms with Crippen molar-refractivity contribution in [2.24, 2.45) is 5.73 Å². The number of nitrogens with two attached hydrogens (primary N) is 1. The van der Waals surface area contributed by atoms with Gasteiger partial charge in [0.1, 0.15) is 12.4 Å². The molecule has 3 N–H and O–H groups in total. The van der Waals surface area contributed by atoms with Crippen molar-refractivity contribution >= 4 is 5.84 Å². The molecule has 98 valence electrons. The van der Waals surface area contributed by atoms with Crippen LogP contribution in [-0.2, 0) is 6.61 Å². The maximum Gasteiger partial charge on any atom is 0.161 e. The van der Waals surface area contributed by atoms with Gasteiger partial charge in [0.2, 0.25) is 0 Å². The lowest BCUT2D eigenvalue weighted by Crippen LogP contribution is -2.10. The first-order valence-corrected chi connectivity index (χ1v) is 5.90. The quantitative estimate of drug-likeness (QED) is 0.638. The molecule has 0 fully saturated rings. The summed E-state index contributed by atoms with van der Waals surface area (Å²) in [5, 5.41) is 7.33. The molecular weight excluding hydrogens is 240 g/mol. The van der Waals surface area contributed by atoms with Gasteiger partial charge in [-0.25, -0.2) is 0 Å². The Kier molecular flexibility index (Phi) is 4.03. The Labute approximate surface area is 112 Å². The molecule has 0 amide bonds. The molecule has 2 rings (SSSR count). The van der Waals surface area contributed by atoms with Crippen LogP contribution in [0.1, 0.15) is 11.1 Å². The average molecular weight is 256 g/mol. The topological polar surface area (TPSA) is 68.3 Å². The van der Waals surface area contributed by atoms with Gasteiger partial charge in [0.25, 0.3) is 0 Å². The number of para-hydroxylation sites is 2. The summed E-state index contributed by atoms with van der Waals surface area (Å²) in [6.45, 7) is 0.443. The van der Waals surface area contributed by atoms with Gasteiger partial charge in [0.05, 0.1) is 7.11 Å². The fourth-order valence-electron chi connectivity index (χ4n) is 1.68. The minimum Gasteiger partial charge on any atom is -0.493 e. The van der Waals surface area contributed by atoms with Crippen molar-refractivity contribution in [3.05, 3.63) is 59.7 Å². The van der Waals surface area contributed by atoms with Gasteiger partial charge in [0, 0.05) is 5.56 Å². The molecule has 4 heteroatoms. The molecule has 0 saturated heterocycles. The zero-order valence-electron chi connectivity index (χ0n) is 10.7. The fraction of sp³-hybridized carbons (Fsp3) is 0.133. The van der Waals surface area contributed by atoms with Crippen LogP contribution in [0.3, 0.4) is 0 Å². The molecular formula is C15H16N2O2. The number of hydrogen-bond acceptors (Lipinski definition) is 3. The molecule has 0 bridgehead atoms. The number of rotatable bonds is 5. The molecule has 2 aromatic carbocycles. The Morgan fingerprint density at radius 3 is 2.26 bits per heavy atom. The number of amidine groups is 1. The van der Waals surface area contributed by atoms with E-state index in [0.717, 1.165) is 5.56 Å². The second kappa shape index (κ2) is 5.91. The molecule has 0 aliphatic rings. The summed E-state index contributed by atoms with van der Waals surface area (Å²) in [6, 6.07) is 14.9. The molecule has 19 heavy (non-hydrogen) atoms. The Morgan fingerprint density at radius 1 is 1.05 bits per heavy atom. The van der Waals surface area contributed by atoms with Crippen LogP contribution in [0.4, 0.5) is 0 Å². The zero-order valence-corrected chi connectivity index (χ0v) is 10.7. The normalized spacial score (nSPS) is 9.95. The largest absolute Gasteiger partial charge is 0.493 e. The summed E-state index contributed by atoms with van der Waals surface area (Å²) in [7, 11) is 1.61. The summed E-state index contributed by atoms with van der Waals surface area (Å²) in [5.74, 6) is 1.49. The predicted molar refractivity (Wildman–Crippen MR) is 74.8 cm³/mol. The van der Waals surface area contributed by atoms with Crippen LogP contribution < -0.4 is 15.2 Å². The van der Waals surface area contributed by atoms with Crippen LogP contribution in [-0.4, -0.2) is 12.9 Å². The van der Waals surface area contributed by atoms with Crippen molar-refractivity contribution in [3.8, 4) is 11.5 Å². The van der Waals surface area contributed by atoms with Crippen LogP contribution in [0.15, 0.2) is 48.5 Å². The summed E-state index contributed by atoms with van der Waals surface area (Å²) < 4.78 is 10.9. The van der Waals surface area contributed by atoms with E-state index in [1.807, 2.05) is 48.5 Å². The molecule has 0 aliphatic carbocycles. The van der Waals surface area contributed by atoms with Crippen molar-refractivity contribution in [3.63, 3.8) is 0 Å². The Bertz CT molecular complexity index is 565. The molecule has 0 atom stereocenters. The highest BCUT2D eigenvalue weighted by Gasteiger charge is 2.03. The molecule has 0 unspecified atom stereocenters. The molecule has 0 radical (unpaired) electrons. The Hall–Kier alpha value is -2.49. The van der Waals surface area contributed by atoms with Gasteiger partial charge in [-0.1, -0.05) is 36.4 Å². The van der Waals surface area contributed by atoms with Gasteiger partial charge in [0.15, 0.2) is 11.5 Å². The van der Waals surface area contributed by atoms with Crippen LogP contribution in [0.25, 0.3) is 0 Å². The zero-order chi connectivity index (χ0) is 13.7. The van der Waals surface area contributed by atoms with Gasteiger partial charge in [-0.05, 0) is 17.7 Å². The number of nitrogens with one attached hydrogen (secondary N) is 1. The SMILES string of the molecule is COc1ccccc1OCc1ccc(C(=N)N)cc1. The van der Waals surface area contributed by atoms with Gasteiger partial charge in [-0.3, -0.25) is 5.41 Å². The van der Waals surface area contributed by atoms with Crippen LogP contribution in [0.2, 0.25) is 0 Å². The summed E-state index contributed by atoms with van der Waals surface area (Å²) in [5.41, 5.74) is 7.12. The Balaban J connectivity index is 2.04. The molecule has 0 heterocycles. The van der Waals surface area contributed by atoms with E-state index in [2.05, 4.69) is 0 Å². The molecule has 0 saturated carbocycles. The molecule has 0 spiro atoms. The highest BCUT2D eigenvalue weighted by molar-refractivity contribution is 5.94. The van der Waals surface area contributed by atoms with E-state index in [1.54, 1.807) is 7.11 Å². The highest BCUT2D eigenvalue weighted by atomic mass is 16.5. The first-order valence-electron chi connectivity index (χ1n) is 5.90. The first-order chi connectivity index (χ1) is 9.20. The van der Waals surface area contributed by atoms with Crippen molar-refractivity contribution in [1.29, 1.82) is 5.41 Å². The van der Waals surface area contributed by atoms with Crippen molar-refractivity contribution in [1.82, 2.24) is 0 Å². The maximum absolute atomic E-state index is 7.33. The average Bonchev–Trinajstić information content (AvgIpc) is 2.45. The van der Waals surface area contributed by atoms with Gasteiger partial charge < -0.3 is 15.2 Å². The van der Waals surface area contributed by atoms with Gasteiger partial charge >= 0.3 is 0 Å². The van der Waals surface area contributed by atoms with E-state index in [4.69, 9.17) is 20.6 Å². The lowest BCUT2D eigenvalue weighted by molar-refractivity contribution is 0.284. The lowest BCUT2D eigenvalue weighted by atomic mass is 10.1. The van der Waals surface area contributed by atoms with Crippen LogP contribution >= 0.6 is 0 Å². The minimum atomic E-state index is 0.0668. The predicted octanol–water partition coefficient (Wildman–Crippen LogP) is 2.56. The van der Waals surface area contributed by atoms with E-state index in [0.29, 0.717) is 23.7 Å². The van der Waals surface area contributed by atoms with Gasteiger partial charge in [-0.15, -0.1) is 0 Å². The monoisotopic (exact) mass is 256 g/mol. The Morgan fingerprint density at radius 2 is 1.68 bits per heavy atom. The molecule has 0 aromatic heterocycles. The fourth-order valence-corrected chi connectivity index (χ4v) is 1.68. The van der Waals surface area contributed by atoms with Crippen molar-refractivity contribution in [2.45, 2.75) is 6.61 Å². The number of hydrogen-bond donors (Lipinski definition) is 2. The second-order valence-electron chi connectivity index (χ2n) is 4.05. The molecule has 4 nitrogen and oxygen atoms in total. The standard InChI is InChI=1S/C15H16N2O2/c1-18-13-4-2-3-5-14(13)19-10-11-6-8-12(9-7-11)15(16)17/h2-9H,10H2,1H3,(H3,16,17). The summed E-state index contributed by atoms with van der Waals surface area (Å²) >= 11 is 0. The summed E-state index contributed by atoms with van der Waals surface area (Å²) in [4.78, 5) is 0. The van der Waals surface area contributed by atoms with E-state index < -0.39 is 0 Å². The van der Waals surface area contributed by atoms with E-state index in [1.165, 1.54) is 0 Å². The van der Waals surface area contributed by atoms with Crippen molar-refractivity contribution < 1.29 is 9.47 Å². The molecule has 0 aliphatic heterocycles. The number of benzene rings is 2. The van der Waals surface area contributed by atoms with E-state index in [9.17, 15) is 0 Å². The molecule has 2 aromatic rings. The third-order valence-corrected chi connectivity index (χ3v) is 2.73. The van der Waals surface area contributed by atoms with E-state index in [-0.39, 0.29) is 5.84 Å². The third-order valence-electron chi connectivity index (χ3n) is 2.73. The summed E-state index contributed by atoms with van der Waals surface area (Å²) in [6.07, 6.45) is 0. The number of ether oxygens (including phenoxy) is 2. The first kappa shape index (κ1) is 13.0. The second-order valence-corrected chi connectivity index (χ2v) is 4.05. The number of nitrogen functional groups attached to an aromatic ring is 1.